The number of terminal acetylenes is 1. The number of nitrogens with zero attached hydrogens (tertiary/aromatic N) is 2. The number of carbonyl (C=O) groups excluding carboxylic acids is 1. The summed E-state index contributed by atoms with van der Waals surface area (Å²) in [7, 11) is 0. The van der Waals surface area contributed by atoms with E-state index in [0.29, 0.717) is 21.8 Å². The highest BCUT2D eigenvalue weighted by atomic mass is 35.5. The van der Waals surface area contributed by atoms with Crippen LogP contribution in [0.3, 0.4) is 0 Å². The molecular formula is C20H13ClN2O. The Bertz CT molecular complexity index is 862. The molecule has 0 saturated heterocycles. The molecular weight excluding hydrogens is 320 g/mol. The van der Waals surface area contributed by atoms with E-state index in [9.17, 15) is 4.79 Å². The van der Waals surface area contributed by atoms with E-state index in [1.807, 2.05) is 36.4 Å². The quantitative estimate of drug-likeness (QED) is 0.652. The number of pyridine rings is 1. The summed E-state index contributed by atoms with van der Waals surface area (Å²) in [5.41, 5.74) is 2.26. The van der Waals surface area contributed by atoms with Crippen molar-refractivity contribution < 1.29 is 4.79 Å². The molecule has 0 aliphatic rings. The molecule has 116 valence electrons. The highest BCUT2D eigenvalue weighted by Gasteiger charge is 2.22. The maximum absolute atomic E-state index is 13.2. The van der Waals surface area contributed by atoms with Crippen LogP contribution < -0.4 is 4.90 Å². The second-order valence-corrected chi connectivity index (χ2v) is 5.46. The Morgan fingerprint density at radius 3 is 2.46 bits per heavy atom. The molecule has 0 atom stereocenters. The van der Waals surface area contributed by atoms with E-state index < -0.39 is 0 Å². The van der Waals surface area contributed by atoms with Gasteiger partial charge in [-0.1, -0.05) is 35.7 Å². The van der Waals surface area contributed by atoms with Crippen molar-refractivity contribution in [3.8, 4) is 12.3 Å². The fraction of sp³-hybridized carbons (Fsp3) is 0. The Kier molecular flexibility index (Phi) is 4.60. The van der Waals surface area contributed by atoms with E-state index in [0.717, 1.165) is 5.69 Å². The van der Waals surface area contributed by atoms with Crippen LogP contribution in [-0.4, -0.2) is 10.9 Å². The summed E-state index contributed by atoms with van der Waals surface area (Å²) < 4.78 is 0. The maximum atomic E-state index is 13.2. The summed E-state index contributed by atoms with van der Waals surface area (Å²) in [6.07, 6.45) is 8.84. The van der Waals surface area contributed by atoms with Crippen molar-refractivity contribution in [2.24, 2.45) is 0 Å². The van der Waals surface area contributed by atoms with E-state index in [-0.39, 0.29) is 5.91 Å². The first-order valence-corrected chi connectivity index (χ1v) is 7.64. The first-order chi connectivity index (χ1) is 11.7. The van der Waals surface area contributed by atoms with E-state index in [4.69, 9.17) is 18.0 Å². The number of carbonyl (C=O) groups is 1. The molecule has 1 amide bonds. The van der Waals surface area contributed by atoms with Crippen LogP contribution >= 0.6 is 11.6 Å². The molecule has 1 aromatic heterocycles. The molecule has 2 aromatic carbocycles. The van der Waals surface area contributed by atoms with Gasteiger partial charge >= 0.3 is 0 Å². The summed E-state index contributed by atoms with van der Waals surface area (Å²) in [4.78, 5) is 18.9. The van der Waals surface area contributed by atoms with Gasteiger partial charge in [0.1, 0.15) is 0 Å². The number of anilines is 2. The topological polar surface area (TPSA) is 33.2 Å². The van der Waals surface area contributed by atoms with Crippen LogP contribution in [0.1, 0.15) is 15.9 Å². The number of hydrogen-bond acceptors (Lipinski definition) is 2. The SMILES string of the molecule is C#Cc1cc(Cl)ccc1C(=O)N(c1ccccc1)c1cccnc1. The zero-order chi connectivity index (χ0) is 16.9. The second kappa shape index (κ2) is 6.99. The van der Waals surface area contributed by atoms with Crippen LogP contribution in [0.5, 0.6) is 0 Å². The van der Waals surface area contributed by atoms with E-state index in [2.05, 4.69) is 10.9 Å². The highest BCUT2D eigenvalue weighted by Crippen LogP contribution is 2.28. The summed E-state index contributed by atoms with van der Waals surface area (Å²) in [6.45, 7) is 0. The van der Waals surface area contributed by atoms with Crippen molar-refractivity contribution in [2.75, 3.05) is 4.90 Å². The third-order valence-corrected chi connectivity index (χ3v) is 3.72. The smallest absolute Gasteiger partial charge is 0.264 e. The average molecular weight is 333 g/mol. The van der Waals surface area contributed by atoms with Crippen molar-refractivity contribution in [1.82, 2.24) is 4.98 Å². The zero-order valence-corrected chi connectivity index (χ0v) is 13.4. The fourth-order valence-corrected chi connectivity index (χ4v) is 2.56. The van der Waals surface area contributed by atoms with Gasteiger partial charge in [0.05, 0.1) is 17.4 Å². The van der Waals surface area contributed by atoms with Crippen LogP contribution in [-0.2, 0) is 0 Å². The first kappa shape index (κ1) is 15.8. The van der Waals surface area contributed by atoms with Gasteiger partial charge in [-0.25, -0.2) is 0 Å². The van der Waals surface area contributed by atoms with E-state index in [1.54, 1.807) is 41.6 Å². The lowest BCUT2D eigenvalue weighted by Gasteiger charge is -2.23. The molecule has 0 fully saturated rings. The number of hydrogen-bond donors (Lipinski definition) is 0. The van der Waals surface area contributed by atoms with E-state index in [1.165, 1.54) is 0 Å². The molecule has 24 heavy (non-hydrogen) atoms. The Morgan fingerprint density at radius 1 is 1.04 bits per heavy atom. The average Bonchev–Trinajstić information content (AvgIpc) is 2.63. The highest BCUT2D eigenvalue weighted by molar-refractivity contribution is 6.31. The molecule has 0 bridgehead atoms. The van der Waals surface area contributed by atoms with Crippen LogP contribution in [0.15, 0.2) is 73.1 Å². The van der Waals surface area contributed by atoms with Gasteiger partial charge in [0.15, 0.2) is 0 Å². The molecule has 0 spiro atoms. The lowest BCUT2D eigenvalue weighted by Crippen LogP contribution is -2.26. The first-order valence-electron chi connectivity index (χ1n) is 7.26. The molecule has 0 N–H and O–H groups in total. The minimum atomic E-state index is -0.237. The molecule has 0 aliphatic heterocycles. The van der Waals surface area contributed by atoms with Crippen LogP contribution in [0.4, 0.5) is 11.4 Å². The van der Waals surface area contributed by atoms with Crippen molar-refractivity contribution in [1.29, 1.82) is 0 Å². The second-order valence-electron chi connectivity index (χ2n) is 5.02. The van der Waals surface area contributed by atoms with Gasteiger partial charge < -0.3 is 0 Å². The number of rotatable bonds is 3. The largest absolute Gasteiger partial charge is 0.275 e. The Labute approximate surface area is 145 Å². The molecule has 3 rings (SSSR count). The van der Waals surface area contributed by atoms with E-state index >= 15 is 0 Å². The molecule has 0 radical (unpaired) electrons. The van der Waals surface area contributed by atoms with Gasteiger partial charge in [-0.2, -0.15) is 0 Å². The molecule has 0 unspecified atom stereocenters. The molecule has 0 aliphatic carbocycles. The lowest BCUT2D eigenvalue weighted by molar-refractivity contribution is 0.0999. The van der Waals surface area contributed by atoms with Crippen molar-refractivity contribution >= 4 is 28.9 Å². The molecule has 4 heteroatoms. The van der Waals surface area contributed by atoms with Crippen LogP contribution in [0.25, 0.3) is 0 Å². The van der Waals surface area contributed by atoms with Crippen molar-refractivity contribution in [2.45, 2.75) is 0 Å². The Balaban J connectivity index is 2.14. The predicted molar refractivity (Wildman–Crippen MR) is 96.5 cm³/mol. The number of aromatic nitrogens is 1. The third-order valence-electron chi connectivity index (χ3n) is 3.49. The Morgan fingerprint density at radius 2 is 1.79 bits per heavy atom. The number of halogens is 1. The molecule has 3 nitrogen and oxygen atoms in total. The van der Waals surface area contributed by atoms with Gasteiger partial charge in [-0.15, -0.1) is 6.42 Å². The molecule has 3 aromatic rings. The third kappa shape index (κ3) is 3.15. The molecule has 0 saturated carbocycles. The number of para-hydroxylation sites is 1. The number of amides is 1. The Hall–Kier alpha value is -3.09. The summed E-state index contributed by atoms with van der Waals surface area (Å²) >= 11 is 5.98. The predicted octanol–water partition coefficient (Wildman–Crippen LogP) is 4.69. The van der Waals surface area contributed by atoms with Gasteiger partial charge in [0, 0.05) is 22.5 Å². The minimum absolute atomic E-state index is 0.237. The van der Waals surface area contributed by atoms with Gasteiger partial charge in [0.2, 0.25) is 0 Å². The summed E-state index contributed by atoms with van der Waals surface area (Å²) in [5.74, 6) is 2.29. The normalized spacial score (nSPS) is 10.0. The summed E-state index contributed by atoms with van der Waals surface area (Å²) in [6, 6.07) is 17.9. The van der Waals surface area contributed by atoms with Crippen molar-refractivity contribution in [3.63, 3.8) is 0 Å². The fourth-order valence-electron chi connectivity index (χ4n) is 2.39. The zero-order valence-electron chi connectivity index (χ0n) is 12.7. The summed E-state index contributed by atoms with van der Waals surface area (Å²) in [5, 5.41) is 0.493. The van der Waals surface area contributed by atoms with Gasteiger partial charge in [-0.3, -0.25) is 14.7 Å². The minimum Gasteiger partial charge on any atom is -0.275 e. The van der Waals surface area contributed by atoms with Crippen LogP contribution in [0.2, 0.25) is 5.02 Å². The van der Waals surface area contributed by atoms with Crippen molar-refractivity contribution in [3.05, 3.63) is 89.2 Å². The molecule has 1 heterocycles. The van der Waals surface area contributed by atoms with Gasteiger partial charge in [-0.05, 0) is 42.5 Å². The number of benzene rings is 2. The maximum Gasteiger partial charge on any atom is 0.264 e. The monoisotopic (exact) mass is 332 g/mol. The standard InChI is InChI=1S/C20H13ClN2O/c1-2-15-13-16(21)10-11-19(15)20(24)23(17-7-4-3-5-8-17)18-9-6-12-22-14-18/h1,3-14H. The van der Waals surface area contributed by atoms with Gasteiger partial charge in [0.25, 0.3) is 5.91 Å². The lowest BCUT2D eigenvalue weighted by atomic mass is 10.1. The van der Waals surface area contributed by atoms with Crippen LogP contribution in [0, 0.1) is 12.3 Å².